The second kappa shape index (κ2) is 9.81. The van der Waals surface area contributed by atoms with Crippen molar-refractivity contribution in [1.82, 2.24) is 14.5 Å². The van der Waals surface area contributed by atoms with Crippen molar-refractivity contribution < 1.29 is 23.7 Å². The lowest BCUT2D eigenvalue weighted by molar-refractivity contribution is 0.0582. The van der Waals surface area contributed by atoms with Gasteiger partial charge in [-0.1, -0.05) is 17.7 Å². The van der Waals surface area contributed by atoms with Gasteiger partial charge in [0, 0.05) is 11.9 Å². The molecule has 0 aliphatic heterocycles. The average molecular weight is 475 g/mol. The van der Waals surface area contributed by atoms with Gasteiger partial charge in [-0.15, -0.1) is 0 Å². The molecule has 1 heterocycles. The zero-order valence-electron chi connectivity index (χ0n) is 18.2. The number of H-pyrrole nitrogens is 1. The van der Waals surface area contributed by atoms with Crippen LogP contribution >= 0.6 is 0 Å². The Labute approximate surface area is 190 Å². The van der Waals surface area contributed by atoms with Crippen molar-refractivity contribution in [2.24, 2.45) is 4.99 Å². The number of nitrogens with one attached hydrogen (secondary N) is 2. The second-order valence-corrected chi connectivity index (χ2v) is 9.42. The maximum atomic E-state index is 12.8. The van der Waals surface area contributed by atoms with Crippen molar-refractivity contribution in [3.05, 3.63) is 75.7 Å². The summed E-state index contributed by atoms with van der Waals surface area (Å²) in [5.41, 5.74) is 1.13. The first-order chi connectivity index (χ1) is 15.6. The summed E-state index contributed by atoms with van der Waals surface area (Å²) >= 11 is 0. The van der Waals surface area contributed by atoms with Gasteiger partial charge in [0.25, 0.3) is 5.56 Å². The molecule has 0 saturated carbocycles. The van der Waals surface area contributed by atoms with Crippen LogP contribution in [0.2, 0.25) is 0 Å². The van der Waals surface area contributed by atoms with Crippen LogP contribution in [-0.2, 0) is 10.0 Å². The summed E-state index contributed by atoms with van der Waals surface area (Å²) in [4.78, 5) is 16.9. The van der Waals surface area contributed by atoms with E-state index in [1.54, 1.807) is 6.92 Å². The fourth-order valence-corrected chi connectivity index (χ4v) is 4.40. The maximum Gasteiger partial charge on any atom is 0.280 e. The van der Waals surface area contributed by atoms with Crippen molar-refractivity contribution in [2.45, 2.75) is 24.3 Å². The highest BCUT2D eigenvalue weighted by Gasteiger charge is 2.33. The predicted octanol–water partition coefficient (Wildman–Crippen LogP) is 0.527. The van der Waals surface area contributed by atoms with Gasteiger partial charge in [0.05, 0.1) is 41.7 Å². The largest absolute Gasteiger partial charge is 0.394 e. The highest BCUT2D eigenvalue weighted by molar-refractivity contribution is 7.89. The van der Waals surface area contributed by atoms with Crippen LogP contribution in [0.4, 0.5) is 5.69 Å². The molecule has 5 N–H and O–H groups in total. The number of benzene rings is 2. The molecular weight excluding hydrogens is 448 g/mol. The monoisotopic (exact) mass is 474 g/mol. The van der Waals surface area contributed by atoms with Crippen LogP contribution in [0.3, 0.4) is 0 Å². The Bertz CT molecular complexity index is 1280. The quantitative estimate of drug-likeness (QED) is 0.285. The standard InChI is InChI=1S/C22H26N4O6S/c1-15-3-7-18(8-4-15)26-21(30)20(16(2)24-26)11-23-17-5-9-19(10-6-17)33(31,32)25-22(12-27,13-28)14-29/h3-11,24-25,27-29H,12-14H2,1-2H3. The molecule has 0 atom stereocenters. The zero-order chi connectivity index (χ0) is 24.2. The van der Waals surface area contributed by atoms with E-state index in [1.807, 2.05) is 31.2 Å². The number of sulfonamides is 1. The van der Waals surface area contributed by atoms with Crippen molar-refractivity contribution in [3.63, 3.8) is 0 Å². The number of aryl methyl sites for hydroxylation is 2. The van der Waals surface area contributed by atoms with Gasteiger partial charge in [0.2, 0.25) is 10.0 Å². The molecule has 2 aromatic carbocycles. The van der Waals surface area contributed by atoms with Crippen molar-refractivity contribution in [1.29, 1.82) is 0 Å². The van der Waals surface area contributed by atoms with E-state index in [9.17, 15) is 28.5 Å². The number of hydrogen-bond acceptors (Lipinski definition) is 7. The summed E-state index contributed by atoms with van der Waals surface area (Å²) in [6, 6.07) is 13.0. The third kappa shape index (κ3) is 5.29. The van der Waals surface area contributed by atoms with Crippen LogP contribution in [-0.4, -0.2) is 65.1 Å². The van der Waals surface area contributed by atoms with Gasteiger partial charge in [-0.05, 0) is 50.2 Å². The lowest BCUT2D eigenvalue weighted by Crippen LogP contribution is -2.56. The number of rotatable bonds is 9. The molecule has 10 nitrogen and oxygen atoms in total. The molecule has 0 unspecified atom stereocenters. The van der Waals surface area contributed by atoms with Gasteiger partial charge >= 0.3 is 0 Å². The summed E-state index contributed by atoms with van der Waals surface area (Å²) in [6.45, 7) is 1.37. The Balaban J connectivity index is 1.82. The first kappa shape index (κ1) is 24.6. The molecule has 0 aliphatic rings. The minimum atomic E-state index is -4.12. The van der Waals surface area contributed by atoms with E-state index in [0.29, 0.717) is 22.6 Å². The molecule has 0 radical (unpaired) electrons. The van der Waals surface area contributed by atoms with Crippen molar-refractivity contribution >= 4 is 21.9 Å². The molecule has 3 rings (SSSR count). The Morgan fingerprint density at radius 2 is 1.58 bits per heavy atom. The predicted molar refractivity (Wildman–Crippen MR) is 124 cm³/mol. The number of aromatic amines is 1. The van der Waals surface area contributed by atoms with E-state index in [-0.39, 0.29) is 10.5 Å². The van der Waals surface area contributed by atoms with E-state index in [0.717, 1.165) is 5.56 Å². The molecule has 11 heteroatoms. The van der Waals surface area contributed by atoms with E-state index in [1.165, 1.54) is 35.2 Å². The van der Waals surface area contributed by atoms with Crippen LogP contribution in [0.1, 0.15) is 16.8 Å². The van der Waals surface area contributed by atoms with Crippen LogP contribution in [0.15, 0.2) is 63.2 Å². The van der Waals surface area contributed by atoms with E-state index >= 15 is 0 Å². The maximum absolute atomic E-state index is 12.8. The van der Waals surface area contributed by atoms with E-state index in [4.69, 9.17) is 0 Å². The van der Waals surface area contributed by atoms with Crippen LogP contribution in [0, 0.1) is 13.8 Å². The molecule has 33 heavy (non-hydrogen) atoms. The molecule has 3 aromatic rings. The highest BCUT2D eigenvalue weighted by Crippen LogP contribution is 2.18. The highest BCUT2D eigenvalue weighted by atomic mass is 32.2. The third-order valence-corrected chi connectivity index (χ3v) is 6.75. The summed E-state index contributed by atoms with van der Waals surface area (Å²) < 4.78 is 28.6. The number of nitrogens with zero attached hydrogens (tertiary/aromatic N) is 2. The van der Waals surface area contributed by atoms with Gasteiger partial charge in [0.15, 0.2) is 0 Å². The molecule has 1 aromatic heterocycles. The molecule has 0 aliphatic carbocycles. The first-order valence-corrected chi connectivity index (χ1v) is 11.5. The molecule has 0 amide bonds. The smallest absolute Gasteiger partial charge is 0.280 e. The minimum Gasteiger partial charge on any atom is -0.394 e. The number of aliphatic hydroxyl groups excluding tert-OH is 3. The molecule has 0 fully saturated rings. The van der Waals surface area contributed by atoms with Gasteiger partial charge in [-0.2, -0.15) is 4.72 Å². The lowest BCUT2D eigenvalue weighted by atomic mass is 10.1. The fraction of sp³-hybridized carbons (Fsp3) is 0.273. The summed E-state index contributed by atoms with van der Waals surface area (Å²) in [5.74, 6) is 0. The fourth-order valence-electron chi connectivity index (χ4n) is 3.03. The van der Waals surface area contributed by atoms with Gasteiger partial charge in [0.1, 0.15) is 5.54 Å². The van der Waals surface area contributed by atoms with Gasteiger partial charge in [-0.25, -0.2) is 13.1 Å². The van der Waals surface area contributed by atoms with E-state index < -0.39 is 35.4 Å². The van der Waals surface area contributed by atoms with Crippen LogP contribution in [0.25, 0.3) is 5.69 Å². The summed E-state index contributed by atoms with van der Waals surface area (Å²) in [7, 11) is -4.12. The van der Waals surface area contributed by atoms with Crippen molar-refractivity contribution in [3.8, 4) is 5.69 Å². The van der Waals surface area contributed by atoms with Crippen LogP contribution in [0.5, 0.6) is 0 Å². The molecular formula is C22H26N4O6S. The molecule has 0 spiro atoms. The normalized spacial score (nSPS) is 12.5. The topological polar surface area (TPSA) is 157 Å². The third-order valence-electron chi connectivity index (χ3n) is 5.16. The number of aliphatic hydroxyl groups is 3. The molecule has 0 saturated heterocycles. The Hall–Kier alpha value is -3.09. The van der Waals surface area contributed by atoms with Crippen molar-refractivity contribution in [2.75, 3.05) is 19.8 Å². The number of aromatic nitrogens is 2. The lowest BCUT2D eigenvalue weighted by Gasteiger charge is -2.28. The zero-order valence-corrected chi connectivity index (χ0v) is 19.0. The Kier molecular flexibility index (Phi) is 7.30. The Morgan fingerprint density at radius 3 is 2.12 bits per heavy atom. The molecule has 176 valence electrons. The average Bonchev–Trinajstić information content (AvgIpc) is 3.10. The van der Waals surface area contributed by atoms with Crippen LogP contribution < -0.4 is 10.3 Å². The summed E-state index contributed by atoms with van der Waals surface area (Å²) in [6.07, 6.45) is 1.41. The minimum absolute atomic E-state index is 0.138. The first-order valence-electron chi connectivity index (χ1n) is 10.0. The number of aliphatic imine (C=N–C) groups is 1. The summed E-state index contributed by atoms with van der Waals surface area (Å²) in [5, 5.41) is 31.1. The molecule has 0 bridgehead atoms. The SMILES string of the molecule is Cc1ccc(-n2[nH]c(C)c(C=Nc3ccc(S(=O)(=O)NC(CO)(CO)CO)cc3)c2=O)cc1. The Morgan fingerprint density at radius 1 is 1.00 bits per heavy atom. The van der Waals surface area contributed by atoms with Gasteiger partial charge in [-0.3, -0.25) is 14.9 Å². The van der Waals surface area contributed by atoms with E-state index in [2.05, 4.69) is 14.8 Å². The van der Waals surface area contributed by atoms with Gasteiger partial charge < -0.3 is 15.3 Å². The number of hydrogen-bond donors (Lipinski definition) is 5. The second-order valence-electron chi connectivity index (χ2n) is 7.74.